The minimum atomic E-state index is -1.18. The van der Waals surface area contributed by atoms with E-state index in [2.05, 4.69) is 9.88 Å². The maximum atomic E-state index is 12.5. The Bertz CT molecular complexity index is 454. The summed E-state index contributed by atoms with van der Waals surface area (Å²) in [4.78, 5) is 19.6. The van der Waals surface area contributed by atoms with Gasteiger partial charge in [0.1, 0.15) is 0 Å². The van der Waals surface area contributed by atoms with Crippen molar-refractivity contribution >= 4 is 5.91 Å². The van der Waals surface area contributed by atoms with Gasteiger partial charge in [0.2, 0.25) is 0 Å². The highest BCUT2D eigenvalue weighted by atomic mass is 16.3. The van der Waals surface area contributed by atoms with Gasteiger partial charge in [-0.1, -0.05) is 0 Å². The van der Waals surface area contributed by atoms with Crippen LogP contribution in [0.1, 0.15) is 31.2 Å². The summed E-state index contributed by atoms with van der Waals surface area (Å²) in [6.07, 6.45) is 7.47. The van der Waals surface area contributed by atoms with Gasteiger partial charge in [-0.2, -0.15) is 0 Å². The van der Waals surface area contributed by atoms with Crippen LogP contribution in [-0.4, -0.2) is 57.6 Å². The molecule has 0 aromatic carbocycles. The number of carbonyl (C=O) groups is 1. The van der Waals surface area contributed by atoms with E-state index in [0.29, 0.717) is 13.0 Å². The molecule has 2 saturated heterocycles. The summed E-state index contributed by atoms with van der Waals surface area (Å²) >= 11 is 0. The molecule has 1 unspecified atom stereocenters. The molecule has 0 radical (unpaired) electrons. The zero-order chi connectivity index (χ0) is 14.0. The minimum Gasteiger partial charge on any atom is -0.379 e. The molecular weight excluding hydrogens is 254 g/mol. The molecule has 0 spiro atoms. The van der Waals surface area contributed by atoms with Crippen LogP contribution in [0.15, 0.2) is 18.5 Å². The molecule has 1 amide bonds. The van der Waals surface area contributed by atoms with Gasteiger partial charge in [-0.25, -0.2) is 0 Å². The van der Waals surface area contributed by atoms with Crippen molar-refractivity contribution in [3.63, 3.8) is 0 Å². The molecule has 20 heavy (non-hydrogen) atoms. The summed E-state index contributed by atoms with van der Waals surface area (Å²) in [6, 6.07) is 2.04. The van der Waals surface area contributed by atoms with E-state index >= 15 is 0 Å². The van der Waals surface area contributed by atoms with Crippen molar-refractivity contribution in [2.24, 2.45) is 0 Å². The van der Waals surface area contributed by atoms with Gasteiger partial charge in [-0.15, -0.1) is 0 Å². The molecule has 1 aromatic heterocycles. The van der Waals surface area contributed by atoms with Gasteiger partial charge in [0.25, 0.3) is 5.91 Å². The number of likely N-dealkylation sites (tertiary alicyclic amines) is 2. The molecule has 2 N–H and O–H groups in total. The van der Waals surface area contributed by atoms with E-state index < -0.39 is 5.60 Å². The van der Waals surface area contributed by atoms with Crippen LogP contribution in [-0.2, 0) is 11.3 Å². The van der Waals surface area contributed by atoms with Crippen LogP contribution in [0.25, 0.3) is 0 Å². The molecule has 1 aromatic rings. The Balaban J connectivity index is 1.65. The lowest BCUT2D eigenvalue weighted by molar-refractivity contribution is -0.156. The third kappa shape index (κ3) is 2.74. The number of carbonyl (C=O) groups excluding carboxylic acids is 1. The second-order valence-electron chi connectivity index (χ2n) is 6.06. The number of H-pyrrole nitrogens is 1. The molecule has 110 valence electrons. The number of β-amino-alcohol motifs (C(OH)–C–C–N with tert-alkyl or cyclic N) is 1. The minimum absolute atomic E-state index is 0.0613. The molecule has 2 fully saturated rings. The number of rotatable bonds is 3. The van der Waals surface area contributed by atoms with Gasteiger partial charge in [-0.05, 0) is 43.9 Å². The van der Waals surface area contributed by atoms with E-state index in [1.54, 1.807) is 0 Å². The third-order valence-electron chi connectivity index (χ3n) is 4.41. The number of aromatic nitrogens is 1. The fourth-order valence-electron chi connectivity index (χ4n) is 3.36. The Hall–Kier alpha value is -1.33. The van der Waals surface area contributed by atoms with Gasteiger partial charge in [0.05, 0.1) is 0 Å². The fourth-order valence-corrected chi connectivity index (χ4v) is 3.36. The number of hydrogen-bond acceptors (Lipinski definition) is 3. The van der Waals surface area contributed by atoms with Crippen molar-refractivity contribution in [3.05, 3.63) is 24.0 Å². The van der Waals surface area contributed by atoms with E-state index in [0.717, 1.165) is 45.4 Å². The zero-order valence-electron chi connectivity index (χ0n) is 11.8. The Morgan fingerprint density at radius 3 is 2.80 bits per heavy atom. The fraction of sp³-hybridized carbons (Fsp3) is 0.667. The zero-order valence-corrected chi connectivity index (χ0v) is 11.8. The number of amides is 1. The smallest absolute Gasteiger partial charge is 0.255 e. The lowest BCUT2D eigenvalue weighted by Crippen LogP contribution is -2.57. The van der Waals surface area contributed by atoms with Crippen LogP contribution < -0.4 is 0 Å². The first-order valence-corrected chi connectivity index (χ1v) is 7.53. The number of piperidine rings is 1. The van der Waals surface area contributed by atoms with Crippen molar-refractivity contribution in [1.29, 1.82) is 0 Å². The number of hydrogen-bond donors (Lipinski definition) is 2. The molecule has 5 nitrogen and oxygen atoms in total. The molecule has 3 heterocycles. The third-order valence-corrected chi connectivity index (χ3v) is 4.41. The van der Waals surface area contributed by atoms with Crippen molar-refractivity contribution in [3.8, 4) is 0 Å². The van der Waals surface area contributed by atoms with Gasteiger partial charge in [0, 0.05) is 38.6 Å². The monoisotopic (exact) mass is 277 g/mol. The Labute approximate surface area is 119 Å². The molecule has 5 heteroatoms. The predicted molar refractivity (Wildman–Crippen MR) is 76.1 cm³/mol. The highest BCUT2D eigenvalue weighted by Crippen LogP contribution is 2.26. The summed E-state index contributed by atoms with van der Waals surface area (Å²) in [6.45, 7) is 3.80. The summed E-state index contributed by atoms with van der Waals surface area (Å²) in [5.41, 5.74) is 0.0155. The van der Waals surface area contributed by atoms with E-state index in [-0.39, 0.29) is 5.91 Å². The van der Waals surface area contributed by atoms with Crippen molar-refractivity contribution in [2.75, 3.05) is 26.2 Å². The molecule has 2 aliphatic rings. The van der Waals surface area contributed by atoms with Crippen molar-refractivity contribution < 1.29 is 9.90 Å². The maximum absolute atomic E-state index is 12.5. The first-order chi connectivity index (χ1) is 9.67. The second-order valence-corrected chi connectivity index (χ2v) is 6.06. The summed E-state index contributed by atoms with van der Waals surface area (Å²) in [7, 11) is 0. The van der Waals surface area contributed by atoms with Crippen LogP contribution in [0.5, 0.6) is 0 Å². The van der Waals surface area contributed by atoms with Crippen molar-refractivity contribution in [2.45, 2.75) is 37.8 Å². The Morgan fingerprint density at radius 1 is 1.30 bits per heavy atom. The molecular formula is C15H23N3O2. The first kappa shape index (κ1) is 13.6. The predicted octanol–water partition coefficient (Wildman–Crippen LogP) is 0.964. The first-order valence-electron chi connectivity index (χ1n) is 7.53. The quantitative estimate of drug-likeness (QED) is 0.865. The maximum Gasteiger partial charge on any atom is 0.255 e. The molecule has 0 saturated carbocycles. The van der Waals surface area contributed by atoms with Crippen LogP contribution in [0.4, 0.5) is 0 Å². The average molecular weight is 277 g/mol. The van der Waals surface area contributed by atoms with Crippen LogP contribution >= 0.6 is 0 Å². The lowest BCUT2D eigenvalue weighted by Gasteiger charge is -2.39. The highest BCUT2D eigenvalue weighted by molar-refractivity contribution is 5.85. The van der Waals surface area contributed by atoms with E-state index in [1.807, 2.05) is 23.4 Å². The van der Waals surface area contributed by atoms with Crippen LogP contribution in [0.3, 0.4) is 0 Å². The standard InChI is InChI=1S/C15H23N3O2/c19-14(18-8-1-2-9-18)15(20)5-3-7-17(12-15)11-13-4-6-16-10-13/h4,6,10,16,20H,1-3,5,7-9,11-12H2. The highest BCUT2D eigenvalue weighted by Gasteiger charge is 2.43. The topological polar surface area (TPSA) is 59.6 Å². The second kappa shape index (κ2) is 5.58. The van der Waals surface area contributed by atoms with E-state index in [1.165, 1.54) is 5.56 Å². The summed E-state index contributed by atoms with van der Waals surface area (Å²) in [5, 5.41) is 10.8. The molecule has 0 aliphatic carbocycles. The van der Waals surface area contributed by atoms with Crippen LogP contribution in [0, 0.1) is 0 Å². The number of aliphatic hydroxyl groups is 1. The average Bonchev–Trinajstić information content (AvgIpc) is 3.10. The largest absolute Gasteiger partial charge is 0.379 e. The van der Waals surface area contributed by atoms with Gasteiger partial charge in [-0.3, -0.25) is 9.69 Å². The molecule has 1 atom stereocenters. The van der Waals surface area contributed by atoms with Gasteiger partial charge < -0.3 is 15.0 Å². The summed E-state index contributed by atoms with van der Waals surface area (Å²) < 4.78 is 0. The molecule has 0 bridgehead atoms. The molecule has 3 rings (SSSR count). The number of nitrogens with one attached hydrogen (secondary N) is 1. The van der Waals surface area contributed by atoms with Crippen LogP contribution in [0.2, 0.25) is 0 Å². The van der Waals surface area contributed by atoms with Gasteiger partial charge >= 0.3 is 0 Å². The number of nitrogens with zero attached hydrogens (tertiary/aromatic N) is 2. The lowest BCUT2D eigenvalue weighted by atomic mass is 9.91. The summed E-state index contributed by atoms with van der Waals surface area (Å²) in [5.74, 6) is -0.0613. The van der Waals surface area contributed by atoms with Crippen molar-refractivity contribution in [1.82, 2.24) is 14.8 Å². The molecule has 2 aliphatic heterocycles. The number of aromatic amines is 1. The SMILES string of the molecule is O=C(N1CCCC1)C1(O)CCCN(Cc2cc[nH]c2)C1. The normalized spacial score (nSPS) is 27.9. The van der Waals surface area contributed by atoms with E-state index in [4.69, 9.17) is 0 Å². The Morgan fingerprint density at radius 2 is 2.10 bits per heavy atom. The van der Waals surface area contributed by atoms with E-state index in [9.17, 15) is 9.90 Å². The Kier molecular flexibility index (Phi) is 3.81. The van der Waals surface area contributed by atoms with Gasteiger partial charge in [0.15, 0.2) is 5.60 Å².